The number of nitrogens with one attached hydrogen (secondary N) is 4. The number of hydrogen-bond donors (Lipinski definition) is 4. The summed E-state index contributed by atoms with van der Waals surface area (Å²) < 4.78 is 38.8. The van der Waals surface area contributed by atoms with Gasteiger partial charge < -0.3 is 21.3 Å². The number of halogens is 3. The highest BCUT2D eigenvalue weighted by molar-refractivity contribution is 6.04. The van der Waals surface area contributed by atoms with E-state index in [0.717, 1.165) is 35.5 Å². The van der Waals surface area contributed by atoms with Gasteiger partial charge >= 0.3 is 6.18 Å². The molecular formula is C48H66F3N9O4. The van der Waals surface area contributed by atoms with E-state index < -0.39 is 28.7 Å². The molecule has 2 heterocycles. The number of rotatable bonds is 10. The molecule has 0 atom stereocenters. The van der Waals surface area contributed by atoms with Gasteiger partial charge in [0, 0.05) is 104 Å². The van der Waals surface area contributed by atoms with E-state index in [1.165, 1.54) is 0 Å². The van der Waals surface area contributed by atoms with Crippen LogP contribution in [0.2, 0.25) is 0 Å². The molecule has 0 radical (unpaired) electrons. The Hall–Kier alpha value is -5.34. The molecule has 1 aliphatic heterocycles. The molecular weight excluding hydrogens is 824 g/mol. The van der Waals surface area contributed by atoms with Crippen molar-refractivity contribution in [2.24, 2.45) is 0 Å². The fourth-order valence-corrected chi connectivity index (χ4v) is 6.86. The SMILES string of the molecule is CC(C)(C)NC(=O)CN1CCN(CC(=O)NC(C)(C)C)CCN(Cc2cc(C#Cc3ccc(NC(=O)c4ccc(C(F)(F)F)cc4)cc3)ccn2)CCN(CC(=O)NC(C)(C)C)CC1. The van der Waals surface area contributed by atoms with Gasteiger partial charge in [-0.3, -0.25) is 43.8 Å². The first-order valence-electron chi connectivity index (χ1n) is 21.7. The molecule has 0 saturated carbocycles. The predicted molar refractivity (Wildman–Crippen MR) is 244 cm³/mol. The first kappa shape index (κ1) is 51.3. The Morgan fingerprint density at radius 2 is 0.969 bits per heavy atom. The molecule has 4 N–H and O–H groups in total. The van der Waals surface area contributed by atoms with E-state index >= 15 is 0 Å². The molecule has 1 aliphatic rings. The second-order valence-corrected chi connectivity index (χ2v) is 19.4. The molecule has 2 aromatic carbocycles. The van der Waals surface area contributed by atoms with Crippen molar-refractivity contribution in [2.75, 3.05) is 77.3 Å². The summed E-state index contributed by atoms with van der Waals surface area (Å²) in [5.41, 5.74) is 0.805. The molecule has 13 nitrogen and oxygen atoms in total. The summed E-state index contributed by atoms with van der Waals surface area (Å²) in [7, 11) is 0. The van der Waals surface area contributed by atoms with Crippen LogP contribution >= 0.6 is 0 Å². The minimum atomic E-state index is -4.49. The average molecular weight is 890 g/mol. The summed E-state index contributed by atoms with van der Waals surface area (Å²) >= 11 is 0. The Morgan fingerprint density at radius 3 is 1.38 bits per heavy atom. The van der Waals surface area contributed by atoms with Crippen molar-refractivity contribution in [3.63, 3.8) is 0 Å². The largest absolute Gasteiger partial charge is 0.416 e. The van der Waals surface area contributed by atoms with Crippen molar-refractivity contribution in [3.8, 4) is 11.8 Å². The van der Waals surface area contributed by atoms with Crippen molar-refractivity contribution in [1.29, 1.82) is 0 Å². The molecule has 1 aromatic heterocycles. The predicted octanol–water partition coefficient (Wildman–Crippen LogP) is 5.22. The van der Waals surface area contributed by atoms with Crippen LogP contribution in [0, 0.1) is 11.8 Å². The molecule has 3 aromatic rings. The molecule has 1 saturated heterocycles. The number of carbonyl (C=O) groups is 4. The zero-order valence-electron chi connectivity index (χ0n) is 38.8. The third-order valence-electron chi connectivity index (χ3n) is 9.75. The Kier molecular flexibility index (Phi) is 18.1. The van der Waals surface area contributed by atoms with E-state index in [1.54, 1.807) is 30.5 Å². The number of pyridine rings is 1. The number of alkyl halides is 3. The van der Waals surface area contributed by atoms with Crippen LogP contribution in [-0.4, -0.2) is 137 Å². The van der Waals surface area contributed by atoms with Gasteiger partial charge in [-0.25, -0.2) is 0 Å². The summed E-state index contributed by atoms with van der Waals surface area (Å²) in [6, 6.07) is 14.6. The molecule has 0 spiro atoms. The zero-order chi connectivity index (χ0) is 47.3. The van der Waals surface area contributed by atoms with Crippen LogP contribution in [-0.2, 0) is 27.1 Å². The van der Waals surface area contributed by atoms with E-state index in [-0.39, 0.29) is 48.5 Å². The summed E-state index contributed by atoms with van der Waals surface area (Å²) in [5, 5.41) is 11.9. The highest BCUT2D eigenvalue weighted by Crippen LogP contribution is 2.29. The highest BCUT2D eigenvalue weighted by atomic mass is 19.4. The second-order valence-electron chi connectivity index (χ2n) is 19.4. The lowest BCUT2D eigenvalue weighted by Crippen LogP contribution is -2.53. The molecule has 4 rings (SSSR count). The average Bonchev–Trinajstić information content (AvgIpc) is 3.16. The maximum Gasteiger partial charge on any atom is 0.416 e. The van der Waals surface area contributed by atoms with Crippen molar-refractivity contribution in [1.82, 2.24) is 40.5 Å². The summed E-state index contributed by atoms with van der Waals surface area (Å²) in [6.07, 6.45) is -2.77. The van der Waals surface area contributed by atoms with Gasteiger partial charge in [-0.15, -0.1) is 0 Å². The standard InChI is InChI=1S/C48H66F3N9O4/c1-45(2,3)54-41(61)32-58-24-22-57(23-25-59(33-42(62)55-46(4,5)6)27-29-60(28-26-58)34-43(63)56-47(7,8)9)31-40-30-36(20-21-52-40)11-10-35-12-18-39(19-13-35)53-44(64)37-14-16-38(17-15-37)48(49,50)51/h12-21,30H,22-29,31-34H2,1-9H3,(H,53,64)(H,54,61)(H,55,62)(H,56,63). The van der Waals surface area contributed by atoms with E-state index in [1.807, 2.05) is 74.4 Å². The van der Waals surface area contributed by atoms with Crippen molar-refractivity contribution < 1.29 is 32.3 Å². The van der Waals surface area contributed by atoms with Crippen LogP contribution in [0.1, 0.15) is 95.1 Å². The maximum absolute atomic E-state index is 13.2. The zero-order valence-corrected chi connectivity index (χ0v) is 38.8. The van der Waals surface area contributed by atoms with Gasteiger partial charge in [-0.1, -0.05) is 11.8 Å². The number of benzene rings is 2. The van der Waals surface area contributed by atoms with Crippen molar-refractivity contribution in [3.05, 3.63) is 94.8 Å². The summed E-state index contributed by atoms with van der Waals surface area (Å²) in [4.78, 5) is 65.5. The lowest BCUT2D eigenvalue weighted by atomic mass is 10.1. The van der Waals surface area contributed by atoms with E-state index in [0.29, 0.717) is 70.2 Å². The Labute approximate surface area is 376 Å². The first-order valence-corrected chi connectivity index (χ1v) is 21.7. The Balaban J connectivity index is 1.50. The minimum absolute atomic E-state index is 0.0790. The van der Waals surface area contributed by atoms with Crippen LogP contribution in [0.3, 0.4) is 0 Å². The highest BCUT2D eigenvalue weighted by Gasteiger charge is 2.30. The van der Waals surface area contributed by atoms with Gasteiger partial charge in [0.2, 0.25) is 17.7 Å². The number of hydrogen-bond acceptors (Lipinski definition) is 9. The van der Waals surface area contributed by atoms with Gasteiger partial charge in [0.05, 0.1) is 30.9 Å². The van der Waals surface area contributed by atoms with Crippen LogP contribution in [0.5, 0.6) is 0 Å². The summed E-state index contributed by atoms with van der Waals surface area (Å²) in [5.74, 6) is 5.57. The third kappa shape index (κ3) is 19.6. The van der Waals surface area contributed by atoms with Crippen LogP contribution in [0.15, 0.2) is 66.9 Å². The van der Waals surface area contributed by atoms with Gasteiger partial charge in [0.1, 0.15) is 0 Å². The molecule has 64 heavy (non-hydrogen) atoms. The molecule has 1 fully saturated rings. The van der Waals surface area contributed by atoms with Crippen LogP contribution in [0.25, 0.3) is 0 Å². The number of amides is 4. The monoisotopic (exact) mass is 890 g/mol. The topological polar surface area (TPSA) is 142 Å². The normalized spacial score (nSPS) is 15.8. The van der Waals surface area contributed by atoms with Gasteiger partial charge in [-0.05, 0) is 123 Å². The second kappa shape index (κ2) is 22.5. The minimum Gasteiger partial charge on any atom is -0.350 e. The first-order chi connectivity index (χ1) is 29.8. The maximum atomic E-state index is 13.2. The Bertz CT molecular complexity index is 2050. The molecule has 16 heteroatoms. The van der Waals surface area contributed by atoms with Gasteiger partial charge in [0.15, 0.2) is 0 Å². The van der Waals surface area contributed by atoms with Gasteiger partial charge in [-0.2, -0.15) is 13.2 Å². The number of nitrogens with zero attached hydrogens (tertiary/aromatic N) is 5. The number of aromatic nitrogens is 1. The van der Waals surface area contributed by atoms with Gasteiger partial charge in [0.25, 0.3) is 5.91 Å². The molecule has 4 amide bonds. The number of anilines is 1. The van der Waals surface area contributed by atoms with Crippen molar-refractivity contribution >= 4 is 29.3 Å². The number of carbonyl (C=O) groups excluding carboxylic acids is 4. The van der Waals surface area contributed by atoms with E-state index in [4.69, 9.17) is 0 Å². The van der Waals surface area contributed by atoms with E-state index in [2.05, 4.69) is 57.7 Å². The quantitative estimate of drug-likeness (QED) is 0.202. The summed E-state index contributed by atoms with van der Waals surface area (Å²) in [6.45, 7) is 23.2. The third-order valence-corrected chi connectivity index (χ3v) is 9.75. The fraction of sp³-hybridized carbons (Fsp3) is 0.521. The fourth-order valence-electron chi connectivity index (χ4n) is 6.86. The molecule has 0 bridgehead atoms. The molecule has 348 valence electrons. The van der Waals surface area contributed by atoms with Crippen LogP contribution < -0.4 is 21.3 Å². The van der Waals surface area contributed by atoms with Crippen LogP contribution in [0.4, 0.5) is 18.9 Å². The molecule has 0 aliphatic carbocycles. The molecule has 0 unspecified atom stereocenters. The lowest BCUT2D eigenvalue weighted by molar-refractivity contribution is -0.137. The smallest absolute Gasteiger partial charge is 0.350 e. The Morgan fingerprint density at radius 1 is 0.562 bits per heavy atom. The van der Waals surface area contributed by atoms with Crippen molar-refractivity contribution in [2.45, 2.75) is 91.7 Å². The van der Waals surface area contributed by atoms with E-state index in [9.17, 15) is 32.3 Å². The lowest BCUT2D eigenvalue weighted by Gasteiger charge is -2.34.